The number of β-amino-alcohol motifs (C(OH)–C–C–N with tert-alkyl or cyclic N) is 1. The summed E-state index contributed by atoms with van der Waals surface area (Å²) in [4.78, 5) is 14.2. The summed E-state index contributed by atoms with van der Waals surface area (Å²) in [7, 11) is 0. The third-order valence-corrected chi connectivity index (χ3v) is 4.07. The fourth-order valence-electron chi connectivity index (χ4n) is 3.19. The standard InChI is InChI=1S/C14H18N2O2/c17-12-8-14(6-7-15-13(14)18)16(10-12)9-11-4-2-1-3-5-11/h1-5,12,17H,6-10H2,(H,15,18). The van der Waals surface area contributed by atoms with E-state index in [4.69, 9.17) is 0 Å². The molecule has 1 amide bonds. The van der Waals surface area contributed by atoms with Gasteiger partial charge in [-0.15, -0.1) is 0 Å². The number of benzene rings is 1. The smallest absolute Gasteiger partial charge is 0.240 e. The van der Waals surface area contributed by atoms with Gasteiger partial charge in [0.1, 0.15) is 5.54 Å². The SMILES string of the molecule is O=C1NCCC12CC(O)CN2Cc1ccccc1. The molecular weight excluding hydrogens is 228 g/mol. The molecule has 2 fully saturated rings. The van der Waals surface area contributed by atoms with Crippen LogP contribution in [0.4, 0.5) is 0 Å². The summed E-state index contributed by atoms with van der Waals surface area (Å²) >= 11 is 0. The summed E-state index contributed by atoms with van der Waals surface area (Å²) < 4.78 is 0. The average Bonchev–Trinajstić information content (AvgIpc) is 2.87. The number of carbonyl (C=O) groups is 1. The van der Waals surface area contributed by atoms with E-state index in [1.807, 2.05) is 18.2 Å². The lowest BCUT2D eigenvalue weighted by Crippen LogP contribution is -2.49. The Kier molecular flexibility index (Phi) is 2.84. The van der Waals surface area contributed by atoms with Gasteiger partial charge < -0.3 is 10.4 Å². The van der Waals surface area contributed by atoms with Gasteiger partial charge in [0, 0.05) is 26.1 Å². The minimum atomic E-state index is -0.477. The highest BCUT2D eigenvalue weighted by atomic mass is 16.3. The van der Waals surface area contributed by atoms with E-state index < -0.39 is 11.6 Å². The summed E-state index contributed by atoms with van der Waals surface area (Å²) in [5, 5.41) is 12.8. The predicted molar refractivity (Wildman–Crippen MR) is 67.8 cm³/mol. The monoisotopic (exact) mass is 246 g/mol. The Bertz CT molecular complexity index is 448. The van der Waals surface area contributed by atoms with Crippen LogP contribution in [0.1, 0.15) is 18.4 Å². The molecule has 0 saturated carbocycles. The van der Waals surface area contributed by atoms with Gasteiger partial charge in [-0.25, -0.2) is 0 Å². The van der Waals surface area contributed by atoms with Gasteiger partial charge in [-0.2, -0.15) is 0 Å². The van der Waals surface area contributed by atoms with Crippen LogP contribution in [-0.2, 0) is 11.3 Å². The first-order chi connectivity index (χ1) is 8.71. The Hall–Kier alpha value is -1.39. The van der Waals surface area contributed by atoms with Gasteiger partial charge >= 0.3 is 0 Å². The van der Waals surface area contributed by atoms with Crippen molar-refractivity contribution in [2.24, 2.45) is 0 Å². The van der Waals surface area contributed by atoms with Crippen LogP contribution in [0.2, 0.25) is 0 Å². The van der Waals surface area contributed by atoms with Gasteiger partial charge in [0.05, 0.1) is 6.10 Å². The van der Waals surface area contributed by atoms with Gasteiger partial charge in [-0.05, 0) is 12.0 Å². The van der Waals surface area contributed by atoms with Crippen LogP contribution in [0.15, 0.2) is 30.3 Å². The molecule has 2 unspecified atom stereocenters. The second-order valence-electron chi connectivity index (χ2n) is 5.26. The van der Waals surface area contributed by atoms with Gasteiger partial charge in [0.25, 0.3) is 0 Å². The molecule has 0 bridgehead atoms. The molecule has 0 aliphatic carbocycles. The molecule has 1 aromatic carbocycles. The molecular formula is C14H18N2O2. The van der Waals surface area contributed by atoms with Crippen molar-refractivity contribution in [3.63, 3.8) is 0 Å². The molecule has 18 heavy (non-hydrogen) atoms. The maximum absolute atomic E-state index is 12.1. The summed E-state index contributed by atoms with van der Waals surface area (Å²) in [6, 6.07) is 10.1. The molecule has 2 N–H and O–H groups in total. The maximum Gasteiger partial charge on any atom is 0.240 e. The van der Waals surface area contributed by atoms with Crippen molar-refractivity contribution in [3.8, 4) is 0 Å². The molecule has 2 atom stereocenters. The van der Waals surface area contributed by atoms with Crippen molar-refractivity contribution in [1.82, 2.24) is 10.2 Å². The third kappa shape index (κ3) is 1.82. The molecule has 4 heteroatoms. The van der Waals surface area contributed by atoms with E-state index in [0.717, 1.165) is 19.5 Å². The van der Waals surface area contributed by atoms with Crippen LogP contribution in [-0.4, -0.2) is 40.6 Å². The molecule has 2 saturated heterocycles. The van der Waals surface area contributed by atoms with Crippen molar-refractivity contribution in [1.29, 1.82) is 0 Å². The van der Waals surface area contributed by atoms with Crippen LogP contribution in [0.25, 0.3) is 0 Å². The van der Waals surface area contributed by atoms with E-state index in [-0.39, 0.29) is 5.91 Å². The Labute approximate surface area is 107 Å². The highest BCUT2D eigenvalue weighted by Crippen LogP contribution is 2.36. The highest BCUT2D eigenvalue weighted by Gasteiger charge is 2.52. The summed E-state index contributed by atoms with van der Waals surface area (Å²) in [6.45, 7) is 2.03. The molecule has 3 rings (SSSR count). The quantitative estimate of drug-likeness (QED) is 0.799. The molecule has 2 aliphatic heterocycles. The van der Waals surface area contributed by atoms with Crippen LogP contribution < -0.4 is 5.32 Å². The van der Waals surface area contributed by atoms with Crippen LogP contribution in [0.5, 0.6) is 0 Å². The van der Waals surface area contributed by atoms with E-state index in [9.17, 15) is 9.90 Å². The molecule has 1 spiro atoms. The zero-order chi connectivity index (χ0) is 12.6. The van der Waals surface area contributed by atoms with Gasteiger partial charge in [0.2, 0.25) is 5.91 Å². The highest BCUT2D eigenvalue weighted by molar-refractivity contribution is 5.88. The Morgan fingerprint density at radius 3 is 2.83 bits per heavy atom. The fourth-order valence-corrected chi connectivity index (χ4v) is 3.19. The number of amides is 1. The van der Waals surface area contributed by atoms with E-state index in [2.05, 4.69) is 22.3 Å². The summed E-state index contributed by atoms with van der Waals surface area (Å²) in [5.74, 6) is 0.0787. The van der Waals surface area contributed by atoms with Crippen molar-refractivity contribution in [2.75, 3.05) is 13.1 Å². The largest absolute Gasteiger partial charge is 0.392 e. The molecule has 1 aromatic rings. The maximum atomic E-state index is 12.1. The normalized spacial score (nSPS) is 32.1. The zero-order valence-electron chi connectivity index (χ0n) is 10.3. The number of aliphatic hydroxyl groups excluding tert-OH is 1. The Morgan fingerprint density at radius 1 is 1.39 bits per heavy atom. The van der Waals surface area contributed by atoms with E-state index >= 15 is 0 Å². The lowest BCUT2D eigenvalue weighted by molar-refractivity contribution is -0.128. The Morgan fingerprint density at radius 2 is 2.17 bits per heavy atom. The zero-order valence-corrected chi connectivity index (χ0v) is 10.3. The van der Waals surface area contributed by atoms with E-state index in [0.29, 0.717) is 13.0 Å². The minimum Gasteiger partial charge on any atom is -0.392 e. The second-order valence-corrected chi connectivity index (χ2v) is 5.26. The first-order valence-corrected chi connectivity index (χ1v) is 6.46. The molecule has 96 valence electrons. The number of carbonyl (C=O) groups excluding carboxylic acids is 1. The number of rotatable bonds is 2. The summed E-state index contributed by atoms with van der Waals surface area (Å²) in [6.07, 6.45) is 0.971. The lowest BCUT2D eigenvalue weighted by Gasteiger charge is -2.31. The van der Waals surface area contributed by atoms with Gasteiger partial charge in [0.15, 0.2) is 0 Å². The van der Waals surface area contributed by atoms with Gasteiger partial charge in [-0.1, -0.05) is 30.3 Å². The average molecular weight is 246 g/mol. The van der Waals surface area contributed by atoms with Crippen molar-refractivity contribution in [2.45, 2.75) is 31.0 Å². The first kappa shape index (κ1) is 11.7. The Balaban J connectivity index is 1.84. The van der Waals surface area contributed by atoms with Crippen LogP contribution in [0.3, 0.4) is 0 Å². The predicted octanol–water partition coefficient (Wildman–Crippen LogP) is 0.512. The number of likely N-dealkylation sites (tertiary alicyclic amines) is 1. The summed E-state index contributed by atoms with van der Waals surface area (Å²) in [5.41, 5.74) is 0.709. The fraction of sp³-hybridized carbons (Fsp3) is 0.500. The second kappa shape index (κ2) is 4.37. The van der Waals surface area contributed by atoms with E-state index in [1.165, 1.54) is 5.56 Å². The molecule has 2 heterocycles. The first-order valence-electron chi connectivity index (χ1n) is 6.46. The third-order valence-electron chi connectivity index (χ3n) is 4.07. The molecule has 0 aromatic heterocycles. The molecule has 0 radical (unpaired) electrons. The number of hydrogen-bond acceptors (Lipinski definition) is 3. The van der Waals surface area contributed by atoms with Crippen molar-refractivity contribution < 1.29 is 9.90 Å². The van der Waals surface area contributed by atoms with E-state index in [1.54, 1.807) is 0 Å². The minimum absolute atomic E-state index is 0.0787. The number of aliphatic hydroxyl groups is 1. The van der Waals surface area contributed by atoms with Gasteiger partial charge in [-0.3, -0.25) is 9.69 Å². The molecule has 2 aliphatic rings. The number of nitrogens with zero attached hydrogens (tertiary/aromatic N) is 1. The number of nitrogens with one attached hydrogen (secondary N) is 1. The van der Waals surface area contributed by atoms with Crippen LogP contribution >= 0.6 is 0 Å². The topological polar surface area (TPSA) is 52.6 Å². The van der Waals surface area contributed by atoms with Crippen LogP contribution in [0, 0.1) is 0 Å². The molecule has 4 nitrogen and oxygen atoms in total. The van der Waals surface area contributed by atoms with Crippen molar-refractivity contribution >= 4 is 5.91 Å². The van der Waals surface area contributed by atoms with Crippen molar-refractivity contribution in [3.05, 3.63) is 35.9 Å². The lowest BCUT2D eigenvalue weighted by atomic mass is 9.93. The number of hydrogen-bond donors (Lipinski definition) is 2.